The van der Waals surface area contributed by atoms with Crippen molar-refractivity contribution in [1.82, 2.24) is 0 Å². The fourth-order valence-corrected chi connectivity index (χ4v) is 1.85. The van der Waals surface area contributed by atoms with Crippen LogP contribution in [0.3, 0.4) is 0 Å². The number of nitrogens with two attached hydrogens (primary N) is 1. The lowest BCUT2D eigenvalue weighted by Gasteiger charge is -2.34. The highest BCUT2D eigenvalue weighted by atomic mass is 35.5. The van der Waals surface area contributed by atoms with Crippen LogP contribution in [-0.2, 0) is 0 Å². The molecule has 0 saturated carbocycles. The largest absolute Gasteiger partial charge is 0.487 e. The molecular formula is C11H17ClN2O. The first-order valence-electron chi connectivity index (χ1n) is 5.02. The molecule has 1 aromatic rings. The molecule has 1 aliphatic heterocycles. The molecule has 0 amide bonds. The van der Waals surface area contributed by atoms with Crippen molar-refractivity contribution in [3.8, 4) is 5.75 Å². The van der Waals surface area contributed by atoms with E-state index in [1.54, 1.807) is 0 Å². The van der Waals surface area contributed by atoms with Gasteiger partial charge < -0.3 is 15.4 Å². The third kappa shape index (κ3) is 2.55. The van der Waals surface area contributed by atoms with E-state index in [2.05, 4.69) is 17.9 Å². The number of halogens is 1. The Labute approximate surface area is 96.6 Å². The van der Waals surface area contributed by atoms with Crippen LogP contribution in [0.1, 0.15) is 6.92 Å². The van der Waals surface area contributed by atoms with Crippen molar-refractivity contribution in [3.05, 3.63) is 24.3 Å². The predicted octanol–water partition coefficient (Wildman–Crippen LogP) is 1.65. The number of ether oxygens (including phenoxy) is 1. The number of nitrogens with zero attached hydrogens (tertiary/aromatic N) is 1. The minimum Gasteiger partial charge on any atom is -0.487 e. The average Bonchev–Trinajstić information content (AvgIpc) is 2.18. The summed E-state index contributed by atoms with van der Waals surface area (Å²) < 4.78 is 5.73. The van der Waals surface area contributed by atoms with Gasteiger partial charge in [-0.25, -0.2) is 0 Å². The minimum absolute atomic E-state index is 0. The Kier molecular flexibility index (Phi) is 4.24. The van der Waals surface area contributed by atoms with Crippen molar-refractivity contribution in [2.45, 2.75) is 13.0 Å². The molecule has 0 spiro atoms. The Balaban J connectivity index is 0.00000112. The maximum atomic E-state index is 5.73. The van der Waals surface area contributed by atoms with Crippen molar-refractivity contribution >= 4 is 18.1 Å². The number of fused-ring (bicyclic) bond motifs is 1. The Hall–Kier alpha value is -0.930. The van der Waals surface area contributed by atoms with Crippen LogP contribution >= 0.6 is 12.4 Å². The fraction of sp³-hybridized carbons (Fsp3) is 0.455. The first-order chi connectivity index (χ1) is 6.81. The molecule has 0 radical (unpaired) electrons. The van der Waals surface area contributed by atoms with Crippen LogP contribution in [0.4, 0.5) is 5.69 Å². The van der Waals surface area contributed by atoms with Gasteiger partial charge in [0.1, 0.15) is 11.9 Å². The topological polar surface area (TPSA) is 38.5 Å². The molecule has 2 N–H and O–H groups in total. The highest BCUT2D eigenvalue weighted by Gasteiger charge is 2.21. The normalized spacial score (nSPS) is 18.8. The Morgan fingerprint density at radius 3 is 2.93 bits per heavy atom. The van der Waals surface area contributed by atoms with E-state index in [1.807, 2.05) is 18.2 Å². The molecule has 3 nitrogen and oxygen atoms in total. The average molecular weight is 229 g/mol. The fourth-order valence-electron chi connectivity index (χ4n) is 1.85. The Bertz CT molecular complexity index is 319. The van der Waals surface area contributed by atoms with E-state index in [-0.39, 0.29) is 18.5 Å². The molecule has 1 aliphatic rings. The van der Waals surface area contributed by atoms with Crippen LogP contribution in [0.2, 0.25) is 0 Å². The first kappa shape index (κ1) is 12.1. The third-order valence-corrected chi connectivity index (χ3v) is 2.41. The third-order valence-electron chi connectivity index (χ3n) is 2.41. The van der Waals surface area contributed by atoms with Gasteiger partial charge in [0, 0.05) is 13.1 Å². The van der Waals surface area contributed by atoms with Crippen molar-refractivity contribution in [2.24, 2.45) is 5.73 Å². The monoisotopic (exact) mass is 228 g/mol. The van der Waals surface area contributed by atoms with Gasteiger partial charge in [-0.2, -0.15) is 0 Å². The zero-order chi connectivity index (χ0) is 9.97. The van der Waals surface area contributed by atoms with Crippen molar-refractivity contribution < 1.29 is 4.74 Å². The summed E-state index contributed by atoms with van der Waals surface area (Å²) in [7, 11) is 0. The molecule has 0 fully saturated rings. The Morgan fingerprint density at radius 2 is 2.20 bits per heavy atom. The molecule has 15 heavy (non-hydrogen) atoms. The summed E-state index contributed by atoms with van der Waals surface area (Å²) in [6, 6.07) is 8.12. The number of hydrogen-bond donors (Lipinski definition) is 1. The summed E-state index contributed by atoms with van der Waals surface area (Å²) in [4.78, 5) is 2.28. The molecule has 1 atom stereocenters. The molecule has 0 saturated heterocycles. The van der Waals surface area contributed by atoms with Gasteiger partial charge in [-0.1, -0.05) is 12.1 Å². The number of para-hydroxylation sites is 2. The predicted molar refractivity (Wildman–Crippen MR) is 65.0 cm³/mol. The summed E-state index contributed by atoms with van der Waals surface area (Å²) in [6.45, 7) is 4.58. The van der Waals surface area contributed by atoms with Gasteiger partial charge in [-0.3, -0.25) is 0 Å². The number of rotatable bonds is 2. The summed E-state index contributed by atoms with van der Waals surface area (Å²) in [5.74, 6) is 0.972. The van der Waals surface area contributed by atoms with E-state index in [0.717, 1.165) is 24.5 Å². The summed E-state index contributed by atoms with van der Waals surface area (Å²) in [5.41, 5.74) is 6.74. The zero-order valence-corrected chi connectivity index (χ0v) is 9.67. The first-order valence-corrected chi connectivity index (χ1v) is 5.02. The van der Waals surface area contributed by atoms with E-state index in [0.29, 0.717) is 6.54 Å². The van der Waals surface area contributed by atoms with Crippen LogP contribution < -0.4 is 15.4 Å². The lowest BCUT2D eigenvalue weighted by atomic mass is 10.2. The zero-order valence-electron chi connectivity index (χ0n) is 8.85. The lowest BCUT2D eigenvalue weighted by Crippen LogP contribution is -2.40. The lowest BCUT2D eigenvalue weighted by molar-refractivity contribution is 0.213. The maximum absolute atomic E-state index is 5.73. The quantitative estimate of drug-likeness (QED) is 0.837. The van der Waals surface area contributed by atoms with E-state index in [9.17, 15) is 0 Å². The van der Waals surface area contributed by atoms with Crippen molar-refractivity contribution in [1.29, 1.82) is 0 Å². The van der Waals surface area contributed by atoms with Gasteiger partial charge in [0.05, 0.1) is 12.2 Å². The van der Waals surface area contributed by atoms with Crippen LogP contribution in [0.25, 0.3) is 0 Å². The summed E-state index contributed by atoms with van der Waals surface area (Å²) in [5, 5.41) is 0. The second kappa shape index (κ2) is 5.24. The van der Waals surface area contributed by atoms with E-state index in [1.165, 1.54) is 0 Å². The van der Waals surface area contributed by atoms with E-state index in [4.69, 9.17) is 10.5 Å². The van der Waals surface area contributed by atoms with Gasteiger partial charge in [0.2, 0.25) is 0 Å². The molecule has 0 bridgehead atoms. The molecule has 2 rings (SSSR count). The van der Waals surface area contributed by atoms with Gasteiger partial charge in [-0.15, -0.1) is 12.4 Å². The van der Waals surface area contributed by atoms with Gasteiger partial charge in [-0.05, 0) is 19.1 Å². The second-order valence-corrected chi connectivity index (χ2v) is 3.63. The number of benzene rings is 1. The maximum Gasteiger partial charge on any atom is 0.143 e. The second-order valence-electron chi connectivity index (χ2n) is 3.63. The van der Waals surface area contributed by atoms with Crippen LogP contribution in [0, 0.1) is 0 Å². The standard InChI is InChI=1S/C11H16N2O.ClH/c1-9-8-13(7-6-12)10-4-2-3-5-11(10)14-9;/h2-5,9H,6-8,12H2,1H3;1H. The van der Waals surface area contributed by atoms with Crippen LogP contribution in [0.15, 0.2) is 24.3 Å². The molecule has 4 heteroatoms. The molecular weight excluding hydrogens is 212 g/mol. The molecule has 0 aromatic heterocycles. The molecule has 1 aromatic carbocycles. The highest BCUT2D eigenvalue weighted by molar-refractivity contribution is 5.85. The van der Waals surface area contributed by atoms with Crippen molar-refractivity contribution in [2.75, 3.05) is 24.5 Å². The van der Waals surface area contributed by atoms with Crippen LogP contribution in [-0.4, -0.2) is 25.7 Å². The molecule has 0 aliphatic carbocycles. The SMILES string of the molecule is CC1CN(CCN)c2ccccc2O1.Cl. The van der Waals surface area contributed by atoms with E-state index < -0.39 is 0 Å². The van der Waals surface area contributed by atoms with Crippen LogP contribution in [0.5, 0.6) is 5.75 Å². The molecule has 1 unspecified atom stereocenters. The van der Waals surface area contributed by atoms with Crippen molar-refractivity contribution in [3.63, 3.8) is 0 Å². The van der Waals surface area contributed by atoms with Gasteiger partial charge >= 0.3 is 0 Å². The Morgan fingerprint density at radius 1 is 1.47 bits per heavy atom. The minimum atomic E-state index is 0. The molecule has 84 valence electrons. The van der Waals surface area contributed by atoms with Gasteiger partial charge in [0.15, 0.2) is 0 Å². The summed E-state index contributed by atoms with van der Waals surface area (Å²) in [6.07, 6.45) is 0.247. The summed E-state index contributed by atoms with van der Waals surface area (Å²) >= 11 is 0. The van der Waals surface area contributed by atoms with E-state index >= 15 is 0 Å². The number of anilines is 1. The van der Waals surface area contributed by atoms with Gasteiger partial charge in [0.25, 0.3) is 0 Å². The number of hydrogen-bond acceptors (Lipinski definition) is 3. The highest BCUT2D eigenvalue weighted by Crippen LogP contribution is 2.32. The molecule has 1 heterocycles. The smallest absolute Gasteiger partial charge is 0.143 e.